The van der Waals surface area contributed by atoms with Gasteiger partial charge in [-0.25, -0.2) is 9.67 Å². The van der Waals surface area contributed by atoms with Gasteiger partial charge in [0.1, 0.15) is 18.0 Å². The number of aromatic nitrogens is 3. The highest BCUT2D eigenvalue weighted by Gasteiger charge is 2.25. The minimum absolute atomic E-state index is 0.140. The van der Waals surface area contributed by atoms with E-state index in [-0.39, 0.29) is 6.61 Å². The Morgan fingerprint density at radius 3 is 2.79 bits per heavy atom. The molecule has 2 aromatic heterocycles. The van der Waals surface area contributed by atoms with Crippen molar-refractivity contribution in [2.24, 2.45) is 0 Å². The number of thiazole rings is 1. The van der Waals surface area contributed by atoms with Gasteiger partial charge >= 0.3 is 0 Å². The third kappa shape index (κ3) is 3.37. The number of para-hydroxylation sites is 1. The normalized spacial score (nSPS) is 13.6. The quantitative estimate of drug-likeness (QED) is 0.454. The first-order valence-corrected chi connectivity index (χ1v) is 10.2. The second kappa shape index (κ2) is 6.99. The SMILES string of the molecule is CC(O)(COc1ccc2scnc2c1)c1ccc2c(cnn2-c2ccccc2)c1. The number of aliphatic hydroxyl groups is 1. The predicted octanol–water partition coefficient (Wildman–Crippen LogP) is 4.92. The van der Waals surface area contributed by atoms with E-state index in [1.165, 1.54) is 0 Å². The number of nitrogens with zero attached hydrogens (tertiary/aromatic N) is 3. The van der Waals surface area contributed by atoms with Crippen molar-refractivity contribution in [2.75, 3.05) is 6.61 Å². The molecule has 6 heteroatoms. The average molecular weight is 401 g/mol. The summed E-state index contributed by atoms with van der Waals surface area (Å²) in [6, 6.07) is 21.7. The lowest BCUT2D eigenvalue weighted by Crippen LogP contribution is -2.29. The summed E-state index contributed by atoms with van der Waals surface area (Å²) in [6.07, 6.45) is 1.82. The molecule has 1 atom stereocenters. The van der Waals surface area contributed by atoms with E-state index in [9.17, 15) is 5.11 Å². The van der Waals surface area contributed by atoms with Crippen molar-refractivity contribution in [1.82, 2.24) is 14.8 Å². The molecule has 0 fully saturated rings. The van der Waals surface area contributed by atoms with Crippen LogP contribution in [-0.2, 0) is 5.60 Å². The van der Waals surface area contributed by atoms with Crippen LogP contribution in [0.1, 0.15) is 12.5 Å². The van der Waals surface area contributed by atoms with Crippen molar-refractivity contribution in [1.29, 1.82) is 0 Å². The van der Waals surface area contributed by atoms with Gasteiger partial charge in [0.25, 0.3) is 0 Å². The predicted molar refractivity (Wildman–Crippen MR) is 116 cm³/mol. The maximum atomic E-state index is 11.0. The van der Waals surface area contributed by atoms with E-state index in [2.05, 4.69) is 10.1 Å². The Hall–Kier alpha value is -3.22. The Labute approximate surface area is 171 Å². The molecule has 0 spiro atoms. The molecule has 0 amide bonds. The van der Waals surface area contributed by atoms with Crippen molar-refractivity contribution < 1.29 is 9.84 Å². The van der Waals surface area contributed by atoms with Crippen molar-refractivity contribution in [3.05, 3.63) is 84.0 Å². The van der Waals surface area contributed by atoms with E-state index in [1.54, 1.807) is 18.3 Å². The second-order valence-electron chi connectivity index (χ2n) is 7.21. The topological polar surface area (TPSA) is 60.2 Å². The van der Waals surface area contributed by atoms with E-state index < -0.39 is 5.60 Å². The number of ether oxygens (including phenoxy) is 1. The van der Waals surface area contributed by atoms with Crippen LogP contribution in [0.5, 0.6) is 5.75 Å². The van der Waals surface area contributed by atoms with E-state index in [0.29, 0.717) is 5.75 Å². The van der Waals surface area contributed by atoms with Gasteiger partial charge in [-0.05, 0) is 48.9 Å². The lowest BCUT2D eigenvalue weighted by atomic mass is 9.96. The number of hydrogen-bond acceptors (Lipinski definition) is 5. The van der Waals surface area contributed by atoms with Gasteiger partial charge in [0.2, 0.25) is 0 Å². The first-order valence-electron chi connectivity index (χ1n) is 9.32. The van der Waals surface area contributed by atoms with E-state index in [1.807, 2.05) is 83.1 Å². The molecule has 2 heterocycles. The minimum atomic E-state index is -1.14. The number of fused-ring (bicyclic) bond motifs is 2. The summed E-state index contributed by atoms with van der Waals surface area (Å²) in [5.74, 6) is 0.696. The molecule has 3 aromatic carbocycles. The molecular weight excluding hydrogens is 382 g/mol. The Morgan fingerprint density at radius 1 is 1.07 bits per heavy atom. The first-order chi connectivity index (χ1) is 14.1. The fourth-order valence-electron chi connectivity index (χ4n) is 3.38. The van der Waals surface area contributed by atoms with Gasteiger partial charge in [-0.15, -0.1) is 11.3 Å². The molecule has 5 nitrogen and oxygen atoms in total. The maximum absolute atomic E-state index is 11.0. The zero-order valence-electron chi connectivity index (χ0n) is 15.8. The standard InChI is InChI=1S/C23H19N3O2S/c1-23(27,14-28-19-8-10-22-20(12-19)24-15-29-22)17-7-9-21-16(11-17)13-25-26(21)18-5-3-2-4-6-18/h2-13,15,27H,14H2,1H3. The molecule has 0 aliphatic heterocycles. The molecule has 0 bridgehead atoms. The third-order valence-corrected chi connectivity index (χ3v) is 5.82. The van der Waals surface area contributed by atoms with E-state index in [4.69, 9.17) is 4.74 Å². The minimum Gasteiger partial charge on any atom is -0.490 e. The summed E-state index contributed by atoms with van der Waals surface area (Å²) in [5, 5.41) is 16.5. The second-order valence-corrected chi connectivity index (χ2v) is 8.10. The van der Waals surface area contributed by atoms with Gasteiger partial charge in [-0.3, -0.25) is 0 Å². The Morgan fingerprint density at radius 2 is 1.93 bits per heavy atom. The summed E-state index contributed by atoms with van der Waals surface area (Å²) in [6.45, 7) is 1.90. The van der Waals surface area contributed by atoms with Crippen LogP contribution in [0.2, 0.25) is 0 Å². The Bertz CT molecular complexity index is 1290. The zero-order valence-corrected chi connectivity index (χ0v) is 16.6. The van der Waals surface area contributed by atoms with Gasteiger partial charge < -0.3 is 9.84 Å². The molecule has 144 valence electrons. The Kier molecular flexibility index (Phi) is 4.30. The largest absolute Gasteiger partial charge is 0.490 e. The monoisotopic (exact) mass is 401 g/mol. The molecule has 0 saturated carbocycles. The molecular formula is C23H19N3O2S. The number of hydrogen-bond donors (Lipinski definition) is 1. The van der Waals surface area contributed by atoms with Gasteiger partial charge in [0.15, 0.2) is 0 Å². The van der Waals surface area contributed by atoms with Gasteiger partial charge in [0.05, 0.1) is 33.1 Å². The van der Waals surface area contributed by atoms with Crippen molar-refractivity contribution in [3.63, 3.8) is 0 Å². The van der Waals surface area contributed by atoms with E-state index in [0.717, 1.165) is 32.4 Å². The third-order valence-electron chi connectivity index (χ3n) is 5.01. The molecule has 29 heavy (non-hydrogen) atoms. The Balaban J connectivity index is 1.40. The maximum Gasteiger partial charge on any atom is 0.121 e. The lowest BCUT2D eigenvalue weighted by molar-refractivity contribution is 0.00774. The lowest BCUT2D eigenvalue weighted by Gasteiger charge is -2.24. The van der Waals surface area contributed by atoms with Crippen LogP contribution in [0.3, 0.4) is 0 Å². The van der Waals surface area contributed by atoms with Crippen LogP contribution < -0.4 is 4.74 Å². The summed E-state index contributed by atoms with van der Waals surface area (Å²) in [5.41, 5.74) is 4.36. The van der Waals surface area contributed by atoms with Crippen LogP contribution in [0.4, 0.5) is 0 Å². The zero-order chi connectivity index (χ0) is 19.8. The molecule has 5 rings (SSSR count). The molecule has 0 saturated heterocycles. The van der Waals surface area contributed by atoms with Crippen LogP contribution in [0.15, 0.2) is 78.4 Å². The molecule has 5 aromatic rings. The number of benzene rings is 3. The van der Waals surface area contributed by atoms with Gasteiger partial charge in [-0.2, -0.15) is 5.10 Å². The van der Waals surface area contributed by atoms with Crippen molar-refractivity contribution in [2.45, 2.75) is 12.5 Å². The molecule has 1 unspecified atom stereocenters. The smallest absolute Gasteiger partial charge is 0.121 e. The van der Waals surface area contributed by atoms with Crippen molar-refractivity contribution >= 4 is 32.5 Å². The van der Waals surface area contributed by atoms with Gasteiger partial charge in [0, 0.05) is 11.5 Å². The summed E-state index contributed by atoms with van der Waals surface area (Å²) < 4.78 is 8.90. The highest BCUT2D eigenvalue weighted by atomic mass is 32.1. The number of rotatable bonds is 5. The molecule has 0 aliphatic rings. The van der Waals surface area contributed by atoms with Gasteiger partial charge in [-0.1, -0.05) is 24.3 Å². The van der Waals surface area contributed by atoms with Crippen LogP contribution >= 0.6 is 11.3 Å². The van der Waals surface area contributed by atoms with Crippen LogP contribution in [-0.4, -0.2) is 26.5 Å². The van der Waals surface area contributed by atoms with E-state index >= 15 is 0 Å². The molecule has 1 N–H and O–H groups in total. The first kappa shape index (κ1) is 17.8. The highest BCUT2D eigenvalue weighted by molar-refractivity contribution is 7.16. The van der Waals surface area contributed by atoms with Crippen molar-refractivity contribution in [3.8, 4) is 11.4 Å². The molecule has 0 aliphatic carbocycles. The fraction of sp³-hybridized carbons (Fsp3) is 0.130. The molecule has 0 radical (unpaired) electrons. The highest BCUT2D eigenvalue weighted by Crippen LogP contribution is 2.28. The van der Waals surface area contributed by atoms with Crippen LogP contribution in [0, 0.1) is 0 Å². The summed E-state index contributed by atoms with van der Waals surface area (Å²) in [7, 11) is 0. The fourth-order valence-corrected chi connectivity index (χ4v) is 4.04. The summed E-state index contributed by atoms with van der Waals surface area (Å²) in [4.78, 5) is 4.31. The average Bonchev–Trinajstić information content (AvgIpc) is 3.39. The van der Waals surface area contributed by atoms with Crippen LogP contribution in [0.25, 0.3) is 26.8 Å². The summed E-state index contributed by atoms with van der Waals surface area (Å²) >= 11 is 1.59.